The molecule has 4 heteroatoms. The summed E-state index contributed by atoms with van der Waals surface area (Å²) in [6.07, 6.45) is 2.95. The molecule has 230 valence electrons. The molecule has 0 aliphatic heterocycles. The smallest absolute Gasteiger partial charge is 0.160 e. The molecule has 8 rings (SSSR count). The van der Waals surface area contributed by atoms with E-state index in [1.807, 2.05) is 12.1 Å². The van der Waals surface area contributed by atoms with E-state index in [9.17, 15) is 4.79 Å². The summed E-state index contributed by atoms with van der Waals surface area (Å²) in [5, 5.41) is 2.46. The molecule has 0 amide bonds. The quantitative estimate of drug-likeness (QED) is 0.156. The molecule has 2 heterocycles. The van der Waals surface area contributed by atoms with Crippen molar-refractivity contribution in [2.24, 2.45) is 7.05 Å². The normalized spacial score (nSPS) is 13.0. The number of hydrogen-bond donors (Lipinski definition) is 0. The number of hydrogen-bond acceptors (Lipinski definition) is 3. The van der Waals surface area contributed by atoms with Gasteiger partial charge in [0.2, 0.25) is 0 Å². The molecule has 0 spiro atoms. The van der Waals surface area contributed by atoms with Crippen molar-refractivity contribution in [1.29, 1.82) is 0 Å². The van der Waals surface area contributed by atoms with E-state index in [1.165, 1.54) is 67.0 Å². The summed E-state index contributed by atoms with van der Waals surface area (Å²) in [5.74, 6) is 0. The lowest BCUT2D eigenvalue weighted by molar-refractivity contribution is 0.112. The van der Waals surface area contributed by atoms with Gasteiger partial charge in [-0.05, 0) is 107 Å². The molecule has 0 unspecified atom stereocenters. The first kappa shape index (κ1) is 29.2. The minimum atomic E-state index is -0.0988. The summed E-state index contributed by atoms with van der Waals surface area (Å²) in [7, 11) is 2.12. The molecular weight excluding hydrogens is 593 g/mol. The molecule has 0 saturated carbocycles. The Hall–Kier alpha value is -5.19. The average Bonchev–Trinajstić information content (AvgIpc) is 3.83. The largest absolute Gasteiger partial charge is 0.343 e. The fraction of sp³-hybridized carbons (Fsp3) is 0.140. The lowest BCUT2D eigenvalue weighted by Gasteiger charge is -2.32. The van der Waals surface area contributed by atoms with Gasteiger partial charge in [-0.1, -0.05) is 86.6 Å². The Kier molecular flexibility index (Phi) is 7.19. The van der Waals surface area contributed by atoms with Gasteiger partial charge in [-0.3, -0.25) is 4.79 Å². The van der Waals surface area contributed by atoms with Crippen LogP contribution in [0, 0.1) is 0 Å². The van der Waals surface area contributed by atoms with Crippen LogP contribution in [0.1, 0.15) is 47.5 Å². The van der Waals surface area contributed by atoms with Crippen LogP contribution in [0.5, 0.6) is 0 Å². The number of aromatic nitrogens is 1. The second kappa shape index (κ2) is 11.6. The molecule has 47 heavy (non-hydrogen) atoms. The van der Waals surface area contributed by atoms with E-state index in [-0.39, 0.29) is 5.41 Å². The van der Waals surface area contributed by atoms with E-state index in [2.05, 4.69) is 152 Å². The van der Waals surface area contributed by atoms with Crippen LogP contribution in [0.25, 0.3) is 43.7 Å². The molecule has 5 aromatic carbocycles. The van der Waals surface area contributed by atoms with Crippen molar-refractivity contribution >= 4 is 45.5 Å². The Labute approximate surface area is 280 Å². The van der Waals surface area contributed by atoms with Gasteiger partial charge < -0.3 is 9.47 Å². The van der Waals surface area contributed by atoms with Crippen LogP contribution < -0.4 is 4.90 Å². The zero-order valence-electron chi connectivity index (χ0n) is 26.9. The maximum Gasteiger partial charge on any atom is 0.160 e. The number of carbonyl (C=O) groups excluding carboxylic acids is 1. The Balaban J connectivity index is 1.26. The number of benzene rings is 5. The van der Waals surface area contributed by atoms with Crippen LogP contribution in [0.3, 0.4) is 0 Å². The first-order valence-electron chi connectivity index (χ1n) is 16.4. The highest BCUT2D eigenvalue weighted by Gasteiger charge is 2.41. The second-order valence-electron chi connectivity index (χ2n) is 12.4. The number of fused-ring (bicyclic) bond motifs is 4. The molecule has 0 saturated heterocycles. The lowest BCUT2D eigenvalue weighted by Crippen LogP contribution is -2.23. The number of thiophene rings is 1. The standard InChI is InChI=1S/C43H36N2OS/c1-4-43(5-2)37-26-30(39-23-24-41(44(39)3)42-25-20-33(28-46)47-42)18-21-35(37)36-22-19-32(27-38(36)43)45(31-14-7-6-8-15-31)40-17-11-13-29-12-9-10-16-34(29)40/h6-28H,4-5H2,1-3H3. The van der Waals surface area contributed by atoms with Crippen LogP contribution in [-0.2, 0) is 12.5 Å². The summed E-state index contributed by atoms with van der Waals surface area (Å²) < 4.78 is 2.25. The van der Waals surface area contributed by atoms with Crippen molar-refractivity contribution in [1.82, 2.24) is 4.57 Å². The third-order valence-corrected chi connectivity index (χ3v) is 11.3. The molecular formula is C43H36N2OS. The highest BCUT2D eigenvalue weighted by Crippen LogP contribution is 2.55. The fourth-order valence-corrected chi connectivity index (χ4v) is 8.69. The predicted molar refractivity (Wildman–Crippen MR) is 199 cm³/mol. The number of para-hydroxylation sites is 1. The molecule has 0 radical (unpaired) electrons. The maximum absolute atomic E-state index is 11.3. The minimum absolute atomic E-state index is 0.0988. The van der Waals surface area contributed by atoms with Crippen molar-refractivity contribution in [3.63, 3.8) is 0 Å². The van der Waals surface area contributed by atoms with Crippen molar-refractivity contribution in [2.75, 3.05) is 4.90 Å². The van der Waals surface area contributed by atoms with Crippen molar-refractivity contribution in [3.05, 3.63) is 149 Å². The summed E-state index contributed by atoms with van der Waals surface area (Å²) in [6, 6.07) is 48.4. The zero-order chi connectivity index (χ0) is 32.1. The van der Waals surface area contributed by atoms with Gasteiger partial charge in [-0.25, -0.2) is 0 Å². The predicted octanol–water partition coefficient (Wildman–Crippen LogP) is 11.9. The SMILES string of the molecule is CCC1(CC)c2cc(-c3ccc(-c4ccc(C=O)s4)n3C)ccc2-c2ccc(N(c3ccccc3)c3cccc4ccccc34)cc21. The van der Waals surface area contributed by atoms with Gasteiger partial charge in [-0.15, -0.1) is 11.3 Å². The fourth-order valence-electron chi connectivity index (χ4n) is 7.80. The van der Waals surface area contributed by atoms with Crippen LogP contribution in [0.4, 0.5) is 17.1 Å². The van der Waals surface area contributed by atoms with Gasteiger partial charge in [-0.2, -0.15) is 0 Å². The molecule has 1 aliphatic carbocycles. The minimum Gasteiger partial charge on any atom is -0.343 e. The van der Waals surface area contributed by atoms with Crippen molar-refractivity contribution in [3.8, 4) is 33.0 Å². The zero-order valence-corrected chi connectivity index (χ0v) is 27.7. The van der Waals surface area contributed by atoms with Crippen molar-refractivity contribution in [2.45, 2.75) is 32.1 Å². The van der Waals surface area contributed by atoms with E-state index < -0.39 is 0 Å². The van der Waals surface area contributed by atoms with E-state index >= 15 is 0 Å². The van der Waals surface area contributed by atoms with Crippen LogP contribution in [0.15, 0.2) is 133 Å². The molecule has 3 nitrogen and oxygen atoms in total. The van der Waals surface area contributed by atoms with Crippen LogP contribution in [0.2, 0.25) is 0 Å². The van der Waals surface area contributed by atoms with E-state index in [0.29, 0.717) is 0 Å². The summed E-state index contributed by atoms with van der Waals surface area (Å²) >= 11 is 1.54. The first-order valence-corrected chi connectivity index (χ1v) is 17.2. The number of rotatable bonds is 8. The summed E-state index contributed by atoms with van der Waals surface area (Å²) in [4.78, 5) is 15.6. The Morgan fingerprint density at radius 3 is 2.15 bits per heavy atom. The van der Waals surface area contributed by atoms with E-state index in [0.717, 1.165) is 40.3 Å². The Bertz CT molecular complexity index is 2270. The third kappa shape index (κ3) is 4.58. The van der Waals surface area contributed by atoms with E-state index in [4.69, 9.17) is 0 Å². The van der Waals surface area contributed by atoms with Crippen molar-refractivity contribution < 1.29 is 4.79 Å². The topological polar surface area (TPSA) is 25.2 Å². The Morgan fingerprint density at radius 1 is 0.681 bits per heavy atom. The van der Waals surface area contributed by atoms with Gasteiger partial charge in [0.15, 0.2) is 6.29 Å². The van der Waals surface area contributed by atoms with E-state index in [1.54, 1.807) is 0 Å². The van der Waals surface area contributed by atoms with Gasteiger partial charge in [0.1, 0.15) is 0 Å². The maximum atomic E-state index is 11.3. The monoisotopic (exact) mass is 628 g/mol. The average molecular weight is 629 g/mol. The number of anilines is 3. The second-order valence-corrected chi connectivity index (χ2v) is 13.5. The number of carbonyl (C=O) groups is 1. The third-order valence-electron chi connectivity index (χ3n) is 10.2. The van der Waals surface area contributed by atoms with Gasteiger partial charge >= 0.3 is 0 Å². The molecule has 0 bridgehead atoms. The molecule has 7 aromatic rings. The van der Waals surface area contributed by atoms with Gasteiger partial charge in [0.05, 0.1) is 21.1 Å². The van der Waals surface area contributed by atoms with Crippen LogP contribution >= 0.6 is 11.3 Å². The Morgan fingerprint density at radius 2 is 1.38 bits per heavy atom. The molecule has 2 aromatic heterocycles. The molecule has 0 fully saturated rings. The van der Waals surface area contributed by atoms with Gasteiger partial charge in [0.25, 0.3) is 0 Å². The number of aldehydes is 1. The molecule has 1 aliphatic rings. The highest BCUT2D eigenvalue weighted by atomic mass is 32.1. The summed E-state index contributed by atoms with van der Waals surface area (Å²) in [5.41, 5.74) is 12.4. The first-order chi connectivity index (χ1) is 23.1. The lowest BCUT2D eigenvalue weighted by atomic mass is 9.73. The van der Waals surface area contributed by atoms with Crippen LogP contribution in [-0.4, -0.2) is 10.9 Å². The highest BCUT2D eigenvalue weighted by molar-refractivity contribution is 7.17. The van der Waals surface area contributed by atoms with Gasteiger partial charge in [0, 0.05) is 34.9 Å². The molecule has 0 N–H and O–H groups in total. The molecule has 0 atom stereocenters. The summed E-state index contributed by atoms with van der Waals surface area (Å²) in [6.45, 7) is 4.67. The number of nitrogens with zero attached hydrogens (tertiary/aromatic N) is 2.